The second kappa shape index (κ2) is 9.98. The minimum atomic E-state index is -0.130. The maximum atomic E-state index is 12.3. The lowest BCUT2D eigenvalue weighted by Crippen LogP contribution is -2.38. The van der Waals surface area contributed by atoms with Gasteiger partial charge in [0.15, 0.2) is 0 Å². The Morgan fingerprint density at radius 2 is 1.97 bits per heavy atom. The molecule has 1 saturated heterocycles. The third-order valence-corrected chi connectivity index (χ3v) is 5.86. The highest BCUT2D eigenvalue weighted by atomic mass is 16.6. The minimum absolute atomic E-state index is 0.0185. The smallest absolute Gasteiger partial charge is 0.316 e. The number of pyridine rings is 1. The van der Waals surface area contributed by atoms with Crippen LogP contribution in [0.2, 0.25) is 0 Å². The first kappa shape index (κ1) is 22.6. The summed E-state index contributed by atoms with van der Waals surface area (Å²) in [5.74, 6) is 0.669. The van der Waals surface area contributed by atoms with Gasteiger partial charge in [-0.05, 0) is 11.6 Å². The summed E-state index contributed by atoms with van der Waals surface area (Å²) >= 11 is 0. The number of nitrogens with zero attached hydrogens (tertiary/aromatic N) is 5. The van der Waals surface area contributed by atoms with E-state index in [0.29, 0.717) is 42.8 Å². The van der Waals surface area contributed by atoms with Crippen molar-refractivity contribution in [2.75, 3.05) is 32.1 Å². The Kier molecular flexibility index (Phi) is 6.44. The number of nitrogens with one attached hydrogen (secondary N) is 2. The standard InChI is InChI=1S/C25H25N7O3/c1-15(18-4-3-5-19-20(24(33)26-2)6-7-27-23(18)19)9-28-22-8-21(31-14-32-22)16-10-29-25(30-11-16)35-17-12-34-13-17/h3-8,10-11,14-15,17H,9,12-13H2,1-2H3,(H,26,33)(H,28,31,32). The van der Waals surface area contributed by atoms with Crippen molar-refractivity contribution in [3.05, 3.63) is 66.4 Å². The summed E-state index contributed by atoms with van der Waals surface area (Å²) in [4.78, 5) is 34.1. The number of benzene rings is 1. The fourth-order valence-corrected chi connectivity index (χ4v) is 3.85. The van der Waals surface area contributed by atoms with Gasteiger partial charge >= 0.3 is 6.01 Å². The summed E-state index contributed by atoms with van der Waals surface area (Å²) in [6.07, 6.45) is 6.56. The third kappa shape index (κ3) is 4.87. The second-order valence-corrected chi connectivity index (χ2v) is 8.28. The van der Waals surface area contributed by atoms with Gasteiger partial charge in [0, 0.05) is 55.1 Å². The lowest BCUT2D eigenvalue weighted by molar-refractivity contribution is -0.0831. The minimum Gasteiger partial charge on any atom is -0.455 e. The van der Waals surface area contributed by atoms with Crippen LogP contribution in [0.4, 0.5) is 5.82 Å². The summed E-state index contributed by atoms with van der Waals surface area (Å²) in [5.41, 5.74) is 3.95. The van der Waals surface area contributed by atoms with Gasteiger partial charge in [0.1, 0.15) is 18.2 Å². The number of aromatic nitrogens is 5. The normalized spacial score (nSPS) is 14.2. The summed E-state index contributed by atoms with van der Waals surface area (Å²) < 4.78 is 10.7. The molecule has 0 bridgehead atoms. The Bertz CT molecular complexity index is 1340. The largest absolute Gasteiger partial charge is 0.455 e. The number of fused-ring (bicyclic) bond motifs is 1. The van der Waals surface area contributed by atoms with Crippen molar-refractivity contribution in [1.82, 2.24) is 30.2 Å². The predicted octanol–water partition coefficient (Wildman–Crippen LogP) is 2.83. The van der Waals surface area contributed by atoms with Crippen molar-refractivity contribution >= 4 is 22.6 Å². The molecule has 1 aromatic carbocycles. The lowest BCUT2D eigenvalue weighted by Gasteiger charge is -2.25. The zero-order chi connectivity index (χ0) is 24.2. The molecule has 0 radical (unpaired) electrons. The first-order valence-corrected chi connectivity index (χ1v) is 11.3. The zero-order valence-electron chi connectivity index (χ0n) is 19.4. The Labute approximate surface area is 202 Å². The van der Waals surface area contributed by atoms with E-state index in [2.05, 4.69) is 42.5 Å². The molecule has 1 atom stereocenters. The highest BCUT2D eigenvalue weighted by Crippen LogP contribution is 2.27. The molecule has 3 aromatic heterocycles. The quantitative estimate of drug-likeness (QED) is 0.399. The topological polar surface area (TPSA) is 124 Å². The van der Waals surface area contributed by atoms with Crippen LogP contribution in [0.5, 0.6) is 6.01 Å². The molecule has 1 fully saturated rings. The molecule has 5 rings (SSSR count). The number of ether oxygens (including phenoxy) is 2. The van der Waals surface area contributed by atoms with E-state index in [4.69, 9.17) is 9.47 Å². The number of carbonyl (C=O) groups is 1. The van der Waals surface area contributed by atoms with E-state index >= 15 is 0 Å². The van der Waals surface area contributed by atoms with Gasteiger partial charge in [0.25, 0.3) is 5.91 Å². The van der Waals surface area contributed by atoms with Gasteiger partial charge in [0.2, 0.25) is 0 Å². The van der Waals surface area contributed by atoms with Crippen LogP contribution in [0.15, 0.2) is 55.2 Å². The van der Waals surface area contributed by atoms with Gasteiger partial charge in [-0.2, -0.15) is 0 Å². The first-order chi connectivity index (χ1) is 17.1. The van der Waals surface area contributed by atoms with Crippen molar-refractivity contribution in [2.24, 2.45) is 0 Å². The Morgan fingerprint density at radius 3 is 2.71 bits per heavy atom. The van der Waals surface area contributed by atoms with Gasteiger partial charge in [-0.3, -0.25) is 9.78 Å². The molecule has 35 heavy (non-hydrogen) atoms. The summed E-state index contributed by atoms with van der Waals surface area (Å²) in [7, 11) is 1.62. The number of anilines is 1. The van der Waals surface area contributed by atoms with Crippen molar-refractivity contribution < 1.29 is 14.3 Å². The molecular weight excluding hydrogens is 446 g/mol. The van der Waals surface area contributed by atoms with Crippen molar-refractivity contribution in [3.63, 3.8) is 0 Å². The molecule has 1 aliphatic heterocycles. The van der Waals surface area contributed by atoms with E-state index in [1.165, 1.54) is 6.33 Å². The van der Waals surface area contributed by atoms with Crippen LogP contribution in [0.1, 0.15) is 28.8 Å². The Balaban J connectivity index is 1.29. The number of amides is 1. The van der Waals surface area contributed by atoms with Crippen molar-refractivity contribution in [2.45, 2.75) is 18.9 Å². The highest BCUT2D eigenvalue weighted by Gasteiger charge is 2.21. The molecule has 0 saturated carbocycles. The molecule has 0 aliphatic carbocycles. The molecule has 178 valence electrons. The summed E-state index contributed by atoms with van der Waals surface area (Å²) in [6.45, 7) is 3.86. The zero-order valence-corrected chi connectivity index (χ0v) is 19.4. The second-order valence-electron chi connectivity index (χ2n) is 8.28. The number of para-hydroxylation sites is 1. The van der Waals surface area contributed by atoms with Crippen LogP contribution in [0, 0.1) is 0 Å². The van der Waals surface area contributed by atoms with Gasteiger partial charge in [-0.25, -0.2) is 19.9 Å². The molecule has 10 heteroatoms. The van der Waals surface area contributed by atoms with E-state index in [0.717, 1.165) is 22.0 Å². The SMILES string of the molecule is CNC(=O)c1ccnc2c(C(C)CNc3cc(-c4cnc(OC5COC5)nc4)ncn3)cccc12. The van der Waals surface area contributed by atoms with Crippen LogP contribution in [0.3, 0.4) is 0 Å². The summed E-state index contributed by atoms with van der Waals surface area (Å²) in [6, 6.07) is 9.84. The number of rotatable bonds is 8. The summed E-state index contributed by atoms with van der Waals surface area (Å²) in [5, 5.41) is 6.90. The van der Waals surface area contributed by atoms with E-state index in [-0.39, 0.29) is 17.9 Å². The average molecular weight is 472 g/mol. The third-order valence-electron chi connectivity index (χ3n) is 5.86. The van der Waals surface area contributed by atoms with E-state index in [1.54, 1.807) is 31.7 Å². The molecule has 1 aliphatic rings. The number of hydrogen-bond acceptors (Lipinski definition) is 9. The molecule has 10 nitrogen and oxygen atoms in total. The van der Waals surface area contributed by atoms with Crippen LogP contribution in [0.25, 0.3) is 22.2 Å². The van der Waals surface area contributed by atoms with Crippen LogP contribution in [-0.4, -0.2) is 63.7 Å². The van der Waals surface area contributed by atoms with Gasteiger partial charge in [0.05, 0.1) is 30.0 Å². The van der Waals surface area contributed by atoms with Crippen LogP contribution in [-0.2, 0) is 4.74 Å². The molecule has 1 amide bonds. The molecule has 1 unspecified atom stereocenters. The predicted molar refractivity (Wildman–Crippen MR) is 130 cm³/mol. The van der Waals surface area contributed by atoms with E-state index < -0.39 is 0 Å². The monoisotopic (exact) mass is 471 g/mol. The maximum Gasteiger partial charge on any atom is 0.316 e. The number of carbonyl (C=O) groups excluding carboxylic acids is 1. The Hall–Kier alpha value is -4.18. The molecule has 0 spiro atoms. The van der Waals surface area contributed by atoms with Crippen molar-refractivity contribution in [3.8, 4) is 17.3 Å². The number of hydrogen-bond donors (Lipinski definition) is 2. The van der Waals surface area contributed by atoms with Crippen LogP contribution < -0.4 is 15.4 Å². The van der Waals surface area contributed by atoms with E-state index in [1.807, 2.05) is 24.3 Å². The highest BCUT2D eigenvalue weighted by molar-refractivity contribution is 6.06. The fourth-order valence-electron chi connectivity index (χ4n) is 3.85. The molecule has 4 heterocycles. The first-order valence-electron chi connectivity index (χ1n) is 11.3. The molecule has 2 N–H and O–H groups in total. The molecule has 4 aromatic rings. The van der Waals surface area contributed by atoms with Gasteiger partial charge in [-0.15, -0.1) is 0 Å². The maximum absolute atomic E-state index is 12.3. The Morgan fingerprint density at radius 1 is 1.14 bits per heavy atom. The van der Waals surface area contributed by atoms with Crippen molar-refractivity contribution in [1.29, 1.82) is 0 Å². The average Bonchev–Trinajstić information content (AvgIpc) is 2.88. The van der Waals surface area contributed by atoms with E-state index in [9.17, 15) is 4.79 Å². The lowest BCUT2D eigenvalue weighted by atomic mass is 9.96. The molecular formula is C25H25N7O3. The van der Waals surface area contributed by atoms with Crippen LogP contribution >= 0.6 is 0 Å². The fraction of sp³-hybridized carbons (Fsp3) is 0.280. The van der Waals surface area contributed by atoms with Gasteiger partial charge in [-0.1, -0.05) is 25.1 Å². The van der Waals surface area contributed by atoms with Gasteiger partial charge < -0.3 is 20.1 Å².